The summed E-state index contributed by atoms with van der Waals surface area (Å²) < 4.78 is 26.6. The van der Waals surface area contributed by atoms with E-state index in [2.05, 4.69) is 124 Å². The Bertz CT molecular complexity index is 3260. The average molecular weight is 1390 g/mol. The third-order valence-electron chi connectivity index (χ3n) is 13.5. The number of hydrogen-bond acceptors (Lipinski definition) is 7. The van der Waals surface area contributed by atoms with Crippen molar-refractivity contribution in [3.05, 3.63) is 136 Å². The van der Waals surface area contributed by atoms with Crippen LogP contribution < -0.4 is 22.9 Å². The Morgan fingerprint density at radius 2 is 0.812 bits per heavy atom. The zero-order chi connectivity index (χ0) is 59.8. The van der Waals surface area contributed by atoms with Crippen molar-refractivity contribution in [3.63, 3.8) is 0 Å². The zero-order valence-electron chi connectivity index (χ0n) is 48.9. The van der Waals surface area contributed by atoms with Crippen molar-refractivity contribution < 1.29 is 33.4 Å². The van der Waals surface area contributed by atoms with Crippen molar-refractivity contribution >= 4 is 146 Å². The van der Waals surface area contributed by atoms with E-state index in [0.29, 0.717) is 42.4 Å². The minimum absolute atomic E-state index is 0.392. The topological polar surface area (TPSA) is 231 Å². The number of nitrogens with zero attached hydrogens (tertiary/aromatic N) is 3. The Morgan fingerprint density at radius 1 is 0.475 bits per heavy atom. The summed E-state index contributed by atoms with van der Waals surface area (Å²) in [5.41, 5.74) is 32.9. The molecule has 4 aromatic carbocycles. The molecule has 21 heteroatoms. The number of nitrogens with one attached hydrogen (secondary N) is 1. The van der Waals surface area contributed by atoms with E-state index < -0.39 is 47.9 Å². The van der Waals surface area contributed by atoms with E-state index in [1.807, 2.05) is 90.8 Å². The molecule has 0 radical (unpaired) electrons. The highest BCUT2D eigenvalue weighted by Crippen LogP contribution is 2.33. The molecule has 0 spiro atoms. The first kappa shape index (κ1) is 65.9. The quantitative estimate of drug-likeness (QED) is 0.0298. The summed E-state index contributed by atoms with van der Waals surface area (Å²) in [7, 11) is -3.29. The summed E-state index contributed by atoms with van der Waals surface area (Å²) in [5.74, 6) is -1.63. The first-order valence-corrected chi connectivity index (χ1v) is 40.4. The lowest BCUT2D eigenvalue weighted by atomic mass is 10.1. The largest absolute Gasteiger partial charge is 0.366 e. The van der Waals surface area contributed by atoms with Gasteiger partial charge in [-0.2, -0.15) is 0 Å². The number of fused-ring (bicyclic) bond motifs is 4. The number of halogens is 3. The average Bonchev–Trinajstić information content (AvgIpc) is 4.09. The first-order valence-electron chi connectivity index (χ1n) is 26.6. The molecule has 432 valence electrons. The summed E-state index contributed by atoms with van der Waals surface area (Å²) in [6.07, 6.45) is 0. The highest BCUT2D eigenvalue weighted by molar-refractivity contribution is 14.1. The van der Waals surface area contributed by atoms with Gasteiger partial charge in [-0.25, -0.2) is 0 Å². The van der Waals surface area contributed by atoms with Crippen LogP contribution in [0.5, 0.6) is 0 Å². The summed E-state index contributed by atoms with van der Waals surface area (Å²) in [6.45, 7) is 34.6. The van der Waals surface area contributed by atoms with E-state index in [4.69, 9.17) is 37.1 Å². The van der Waals surface area contributed by atoms with Crippen molar-refractivity contribution in [1.82, 2.24) is 18.7 Å². The van der Waals surface area contributed by atoms with Crippen LogP contribution in [0, 0.1) is 38.3 Å². The molecule has 0 atom stereocenters. The van der Waals surface area contributed by atoms with Crippen molar-refractivity contribution in [2.75, 3.05) is 19.8 Å². The number of aryl methyl sites for hydroxylation is 5. The molecule has 0 saturated heterocycles. The van der Waals surface area contributed by atoms with E-state index in [1.54, 1.807) is 24.3 Å². The van der Waals surface area contributed by atoms with Gasteiger partial charge in [0.05, 0.1) is 48.0 Å². The maximum atomic E-state index is 11.7. The molecule has 9 N–H and O–H groups in total. The number of H-pyrrole nitrogens is 1. The second-order valence-corrected chi connectivity index (χ2v) is 43.6. The second-order valence-electron chi connectivity index (χ2n) is 23.9. The highest BCUT2D eigenvalue weighted by atomic mass is 127. The number of amides is 4. The molecule has 4 amide bonds. The molecule has 0 aliphatic carbocycles. The Labute approximate surface area is 504 Å². The van der Waals surface area contributed by atoms with Gasteiger partial charge in [-0.1, -0.05) is 103 Å². The van der Waals surface area contributed by atoms with Gasteiger partial charge in [-0.05, 0) is 147 Å². The van der Waals surface area contributed by atoms with Gasteiger partial charge >= 0.3 is 0 Å². The minimum atomic E-state index is -1.10. The maximum Gasteiger partial charge on any atom is 0.250 e. The van der Waals surface area contributed by atoms with E-state index in [9.17, 15) is 19.2 Å². The lowest BCUT2D eigenvalue weighted by Gasteiger charge is -2.17. The predicted molar refractivity (Wildman–Crippen MR) is 352 cm³/mol. The van der Waals surface area contributed by atoms with Crippen LogP contribution in [0.1, 0.15) is 69.6 Å². The molecule has 0 bridgehead atoms. The number of aromatic amines is 1. The molecule has 4 aromatic heterocycles. The first-order chi connectivity index (χ1) is 37.2. The summed E-state index contributed by atoms with van der Waals surface area (Å²) in [5, 5.41) is 4.11. The van der Waals surface area contributed by atoms with E-state index in [1.165, 1.54) is 0 Å². The Hall–Kier alpha value is -4.86. The third-order valence-corrected chi connectivity index (χ3v) is 20.9. The van der Waals surface area contributed by atoms with Gasteiger partial charge in [0.2, 0.25) is 0 Å². The van der Waals surface area contributed by atoms with Crippen LogP contribution in [0.25, 0.3) is 43.6 Å². The van der Waals surface area contributed by atoms with Gasteiger partial charge < -0.3 is 55.8 Å². The number of carbonyl (C=O) groups excluding carboxylic acids is 4. The standard InChI is InChI=1S/C17H26N2O2Si.C16H23BrN2O2Si.C15H20BrIN2O2Si.C11H12N2O/c1-12-6-7-14(17(18)20)16-15(12)10-13(2)19(16)11-21-8-9-22(3,4)5;1-11-9-13-14(17)6-5-12(16(18)20)15(13)19(11)10-21-7-8-22(2,3)4;1-22(2,3)7-6-21-9-19-13(17)8-11-12(16)5-4-10(14(11)19)15(18)20;1-6-3-4-8(11(12)14)10-9(6)5-7(2)13-10/h6-7,10H,8-9,11H2,1-5H3,(H2,18,20);5-6,9H,7-8,10H2,1-4H3,(H2,18,20);4-5,8H,6-7,9H2,1-3H3,(H2,18,20);3-5,13H,1-2H3,(H2,12,14). The number of benzene rings is 4. The van der Waals surface area contributed by atoms with Crippen molar-refractivity contribution in [2.45, 2.75) is 132 Å². The summed E-state index contributed by atoms with van der Waals surface area (Å²) in [4.78, 5) is 49.4. The monoisotopic (exact) mass is 1380 g/mol. The van der Waals surface area contributed by atoms with Gasteiger partial charge in [0.25, 0.3) is 23.6 Å². The van der Waals surface area contributed by atoms with Crippen LogP contribution in [-0.4, -0.2) is 86.4 Å². The fourth-order valence-corrected chi connectivity index (χ4v) is 12.6. The molecule has 0 fully saturated rings. The number of rotatable bonds is 19. The summed E-state index contributed by atoms with van der Waals surface area (Å²) >= 11 is 9.32. The maximum absolute atomic E-state index is 11.7. The molecule has 0 aliphatic rings. The van der Waals surface area contributed by atoms with Crippen LogP contribution in [0.2, 0.25) is 77.1 Å². The summed E-state index contributed by atoms with van der Waals surface area (Å²) in [6, 6.07) is 26.2. The smallest absolute Gasteiger partial charge is 0.250 e. The molecule has 4 heterocycles. The minimum Gasteiger partial charge on any atom is -0.366 e. The number of carbonyl (C=O) groups is 4. The normalized spacial score (nSPS) is 11.8. The van der Waals surface area contributed by atoms with E-state index in [-0.39, 0.29) is 0 Å². The van der Waals surface area contributed by atoms with Crippen LogP contribution in [-0.2, 0) is 34.4 Å². The van der Waals surface area contributed by atoms with Gasteiger partial charge in [-0.15, -0.1) is 0 Å². The lowest BCUT2D eigenvalue weighted by molar-refractivity contribution is 0.0882. The molecule has 80 heavy (non-hydrogen) atoms. The third kappa shape index (κ3) is 17.6. The molecule has 0 unspecified atom stereocenters. The van der Waals surface area contributed by atoms with Crippen molar-refractivity contribution in [1.29, 1.82) is 0 Å². The Morgan fingerprint density at radius 3 is 1.23 bits per heavy atom. The number of primary amides is 4. The molecule has 0 saturated carbocycles. The predicted octanol–water partition coefficient (Wildman–Crippen LogP) is 14.1. The lowest BCUT2D eigenvalue weighted by Crippen LogP contribution is -2.22. The zero-order valence-corrected chi connectivity index (χ0v) is 57.3. The van der Waals surface area contributed by atoms with Gasteiger partial charge in [0.15, 0.2) is 0 Å². The van der Waals surface area contributed by atoms with Crippen LogP contribution in [0.4, 0.5) is 0 Å². The van der Waals surface area contributed by atoms with Crippen LogP contribution in [0.15, 0.2) is 81.7 Å². The van der Waals surface area contributed by atoms with Crippen LogP contribution >= 0.6 is 54.5 Å². The SMILES string of the molecule is C[Si](C)(C)CCOCn1c(I)cc2c(Br)ccc(C(N)=O)c21.Cc1cc2c(Br)ccc(C(N)=O)c2n1COCC[Si](C)(C)C.Cc1cc2c(C)ccc(C(N)=O)c2[nH]1.Cc1ccc(C(N)=O)c2c1cc(C)n2COCC[Si](C)(C)C. The number of hydrogen-bond donors (Lipinski definition) is 5. The number of ether oxygens (including phenoxy) is 3. The van der Waals surface area contributed by atoms with Crippen molar-refractivity contribution in [3.8, 4) is 0 Å². The Kier molecular flexibility index (Phi) is 23.0. The van der Waals surface area contributed by atoms with E-state index in [0.717, 1.165) is 122 Å². The molecule has 15 nitrogen and oxygen atoms in total. The van der Waals surface area contributed by atoms with Crippen molar-refractivity contribution in [2.24, 2.45) is 22.9 Å². The molecular formula is C59H81Br2IN8O7Si3. The van der Waals surface area contributed by atoms with Crippen LogP contribution in [0.3, 0.4) is 0 Å². The van der Waals surface area contributed by atoms with Gasteiger partial charge in [0.1, 0.15) is 20.2 Å². The van der Waals surface area contributed by atoms with E-state index >= 15 is 0 Å². The molecule has 8 aromatic rings. The molecule has 8 rings (SSSR count). The number of aromatic nitrogens is 4. The fourth-order valence-electron chi connectivity index (χ4n) is 8.79. The number of nitrogens with two attached hydrogens (primary N) is 4. The highest BCUT2D eigenvalue weighted by Gasteiger charge is 2.21. The second kappa shape index (κ2) is 27.9. The fraction of sp³-hybridized carbons (Fsp3) is 0.390. The van der Waals surface area contributed by atoms with Gasteiger partial charge in [0, 0.05) is 91.6 Å². The molecular weight excluding hydrogens is 1300 g/mol. The molecule has 0 aliphatic heterocycles. The Balaban J connectivity index is 0.000000198. The van der Waals surface area contributed by atoms with Gasteiger partial charge in [-0.3, -0.25) is 19.2 Å².